The first-order valence-electron chi connectivity index (χ1n) is 10.3. The van der Waals surface area contributed by atoms with Gasteiger partial charge in [-0.15, -0.1) is 0 Å². The number of benzene rings is 1. The third-order valence-corrected chi connectivity index (χ3v) is 6.64. The summed E-state index contributed by atoms with van der Waals surface area (Å²) >= 11 is 1.95. The van der Waals surface area contributed by atoms with Crippen molar-refractivity contribution in [2.45, 2.75) is 26.8 Å². The molecule has 176 valence electrons. The van der Waals surface area contributed by atoms with Crippen molar-refractivity contribution >= 4 is 46.2 Å². The molecule has 1 fully saturated rings. The summed E-state index contributed by atoms with van der Waals surface area (Å²) in [7, 11) is 1.53. The van der Waals surface area contributed by atoms with Crippen LogP contribution in [0.25, 0.3) is 6.08 Å². The van der Waals surface area contributed by atoms with E-state index in [4.69, 9.17) is 9.47 Å². The lowest BCUT2D eigenvalue weighted by Gasteiger charge is -2.13. The van der Waals surface area contributed by atoms with E-state index in [9.17, 15) is 19.2 Å². The quantitative estimate of drug-likeness (QED) is 0.509. The van der Waals surface area contributed by atoms with Crippen molar-refractivity contribution in [3.63, 3.8) is 0 Å². The first-order valence-corrected chi connectivity index (χ1v) is 12.0. The molecule has 1 aromatic carbocycles. The average Bonchev–Trinajstić information content (AvgIpc) is 3.25. The Labute approximate surface area is 199 Å². The fourth-order valence-electron chi connectivity index (χ4n) is 3.18. The number of hydrogen-bond acceptors (Lipinski definition) is 8. The number of thioether (sulfide) groups is 1. The molecule has 0 aliphatic carbocycles. The molecule has 2 aromatic rings. The average molecular weight is 492 g/mol. The number of methoxy groups -OCH3 is 1. The lowest BCUT2D eigenvalue weighted by Crippen LogP contribution is -2.37. The first kappa shape index (κ1) is 24.6. The van der Waals surface area contributed by atoms with Gasteiger partial charge in [0.25, 0.3) is 11.1 Å². The van der Waals surface area contributed by atoms with Crippen LogP contribution >= 0.6 is 23.1 Å². The van der Waals surface area contributed by atoms with Crippen LogP contribution in [0.3, 0.4) is 0 Å². The standard InChI is InChI=1S/C22H25N3O6S2/c1-4-31-16-6-5-15(11-17(16)30-3)12-18-20(27)25(22(29)33-18)10-8-23-19(26)7-9-24-14(2)13-32-21(24)28/h5-6,11-13H,4,7-10H2,1-3H3,(H,23,26)/b18-12-. The van der Waals surface area contributed by atoms with Gasteiger partial charge in [-0.3, -0.25) is 24.1 Å². The minimum Gasteiger partial charge on any atom is -0.493 e. The molecule has 0 spiro atoms. The normalized spacial score (nSPS) is 14.8. The van der Waals surface area contributed by atoms with Crippen LogP contribution in [0.15, 0.2) is 33.3 Å². The van der Waals surface area contributed by atoms with Gasteiger partial charge in [-0.25, -0.2) is 0 Å². The second-order valence-corrected chi connectivity index (χ2v) is 8.89. The molecule has 0 unspecified atom stereocenters. The number of aromatic nitrogens is 1. The number of carbonyl (C=O) groups excluding carboxylic acids is 3. The minimum atomic E-state index is -0.410. The van der Waals surface area contributed by atoms with Crippen LogP contribution in [0.1, 0.15) is 24.6 Å². The number of thiazole rings is 1. The van der Waals surface area contributed by atoms with Crippen molar-refractivity contribution in [1.82, 2.24) is 14.8 Å². The molecule has 0 saturated carbocycles. The SMILES string of the molecule is CCOc1ccc(/C=C2\SC(=O)N(CCNC(=O)CCn3c(C)csc3=O)C2=O)cc1OC. The predicted molar refractivity (Wildman–Crippen MR) is 128 cm³/mol. The van der Waals surface area contributed by atoms with Crippen molar-refractivity contribution in [2.24, 2.45) is 0 Å². The summed E-state index contributed by atoms with van der Waals surface area (Å²) in [6, 6.07) is 5.27. The predicted octanol–water partition coefficient (Wildman–Crippen LogP) is 2.87. The van der Waals surface area contributed by atoms with E-state index in [1.807, 2.05) is 13.8 Å². The van der Waals surface area contributed by atoms with E-state index in [0.717, 1.165) is 33.7 Å². The van der Waals surface area contributed by atoms with Crippen molar-refractivity contribution in [2.75, 3.05) is 26.8 Å². The summed E-state index contributed by atoms with van der Waals surface area (Å²) in [5.41, 5.74) is 1.51. The molecule has 0 bridgehead atoms. The smallest absolute Gasteiger partial charge is 0.307 e. The Morgan fingerprint density at radius 2 is 1.97 bits per heavy atom. The van der Waals surface area contributed by atoms with Crippen molar-refractivity contribution in [1.29, 1.82) is 0 Å². The van der Waals surface area contributed by atoms with E-state index in [-0.39, 0.29) is 42.1 Å². The van der Waals surface area contributed by atoms with Gasteiger partial charge in [0.15, 0.2) is 11.5 Å². The minimum absolute atomic E-state index is 0.0672. The molecule has 33 heavy (non-hydrogen) atoms. The van der Waals surface area contributed by atoms with Gasteiger partial charge in [0, 0.05) is 37.1 Å². The number of imide groups is 1. The van der Waals surface area contributed by atoms with Gasteiger partial charge < -0.3 is 19.4 Å². The summed E-state index contributed by atoms with van der Waals surface area (Å²) in [6.07, 6.45) is 1.77. The summed E-state index contributed by atoms with van der Waals surface area (Å²) in [6.45, 7) is 4.67. The molecule has 3 rings (SSSR count). The Balaban J connectivity index is 1.54. The largest absolute Gasteiger partial charge is 0.493 e. The molecule has 11 heteroatoms. The number of rotatable bonds is 10. The molecule has 0 radical (unpaired) electrons. The Kier molecular flexibility index (Phi) is 8.34. The Morgan fingerprint density at radius 1 is 1.18 bits per heavy atom. The van der Waals surface area contributed by atoms with Gasteiger partial charge in [-0.05, 0) is 49.4 Å². The number of aryl methyl sites for hydroxylation is 1. The van der Waals surface area contributed by atoms with Crippen molar-refractivity contribution in [3.8, 4) is 11.5 Å². The lowest BCUT2D eigenvalue weighted by atomic mass is 10.2. The molecule has 3 amide bonds. The van der Waals surface area contributed by atoms with Gasteiger partial charge in [0.2, 0.25) is 5.91 Å². The fourth-order valence-corrected chi connectivity index (χ4v) is 4.80. The van der Waals surface area contributed by atoms with Crippen molar-refractivity contribution < 1.29 is 23.9 Å². The summed E-state index contributed by atoms with van der Waals surface area (Å²) < 4.78 is 12.4. The van der Waals surface area contributed by atoms with Crippen LogP contribution in [0.2, 0.25) is 0 Å². The summed E-state index contributed by atoms with van der Waals surface area (Å²) in [5, 5.41) is 4.05. The highest BCUT2D eigenvalue weighted by atomic mass is 32.2. The zero-order valence-electron chi connectivity index (χ0n) is 18.6. The molecule has 0 atom stereocenters. The summed E-state index contributed by atoms with van der Waals surface area (Å²) in [4.78, 5) is 50.1. The zero-order chi connectivity index (χ0) is 24.0. The Morgan fingerprint density at radius 3 is 2.64 bits per heavy atom. The number of ether oxygens (including phenoxy) is 2. The van der Waals surface area contributed by atoms with E-state index < -0.39 is 5.91 Å². The van der Waals surface area contributed by atoms with Gasteiger partial charge in [0.1, 0.15) is 0 Å². The number of nitrogens with one attached hydrogen (secondary N) is 1. The second kappa shape index (κ2) is 11.2. The second-order valence-electron chi connectivity index (χ2n) is 7.07. The fraction of sp³-hybridized carbons (Fsp3) is 0.364. The maximum Gasteiger partial charge on any atom is 0.307 e. The maximum atomic E-state index is 12.7. The van der Waals surface area contributed by atoms with Crippen LogP contribution in [-0.4, -0.2) is 53.3 Å². The topological polar surface area (TPSA) is 107 Å². The van der Waals surface area contributed by atoms with E-state index in [0.29, 0.717) is 28.6 Å². The van der Waals surface area contributed by atoms with Gasteiger partial charge in [-0.2, -0.15) is 0 Å². The third-order valence-electron chi connectivity index (χ3n) is 4.86. The zero-order valence-corrected chi connectivity index (χ0v) is 20.2. The maximum absolute atomic E-state index is 12.7. The van der Waals surface area contributed by atoms with Gasteiger partial charge >= 0.3 is 4.87 Å². The molecule has 1 aliphatic rings. The molecule has 2 heterocycles. The van der Waals surface area contributed by atoms with Crippen LogP contribution in [0, 0.1) is 6.92 Å². The Bertz CT molecular complexity index is 1140. The third kappa shape index (κ3) is 6.05. The van der Waals surface area contributed by atoms with E-state index >= 15 is 0 Å². The van der Waals surface area contributed by atoms with Gasteiger partial charge in [-0.1, -0.05) is 17.4 Å². The van der Waals surface area contributed by atoms with Gasteiger partial charge in [0.05, 0.1) is 18.6 Å². The Hall–Kier alpha value is -3.05. The van der Waals surface area contributed by atoms with E-state index in [1.54, 1.807) is 34.2 Å². The highest BCUT2D eigenvalue weighted by Gasteiger charge is 2.34. The van der Waals surface area contributed by atoms with E-state index in [2.05, 4.69) is 5.32 Å². The molecule has 9 nitrogen and oxygen atoms in total. The van der Waals surface area contributed by atoms with Crippen LogP contribution < -0.4 is 19.7 Å². The first-order chi connectivity index (χ1) is 15.8. The van der Waals surface area contributed by atoms with Crippen LogP contribution in [0.5, 0.6) is 11.5 Å². The number of nitrogens with zero attached hydrogens (tertiary/aromatic N) is 2. The molecule has 1 saturated heterocycles. The number of carbonyl (C=O) groups is 3. The molecule has 1 aliphatic heterocycles. The molecular formula is C22H25N3O6S2. The summed E-state index contributed by atoms with van der Waals surface area (Å²) in [5.74, 6) is 0.469. The van der Waals surface area contributed by atoms with Crippen molar-refractivity contribution in [3.05, 3.63) is 49.4 Å². The number of amides is 3. The monoisotopic (exact) mass is 491 g/mol. The highest BCUT2D eigenvalue weighted by Crippen LogP contribution is 2.34. The van der Waals surface area contributed by atoms with Crippen LogP contribution in [0.4, 0.5) is 4.79 Å². The van der Waals surface area contributed by atoms with E-state index in [1.165, 1.54) is 7.11 Å². The van der Waals surface area contributed by atoms with Crippen LogP contribution in [-0.2, 0) is 16.1 Å². The molecular weight excluding hydrogens is 466 g/mol. The lowest BCUT2D eigenvalue weighted by molar-refractivity contribution is -0.124. The number of hydrogen-bond donors (Lipinski definition) is 1. The molecule has 1 N–H and O–H groups in total. The molecule has 1 aromatic heterocycles. The highest BCUT2D eigenvalue weighted by molar-refractivity contribution is 8.18.